The molecule has 0 aromatic heterocycles. The Morgan fingerprint density at radius 3 is 2.00 bits per heavy atom. The summed E-state index contributed by atoms with van der Waals surface area (Å²) in [6, 6.07) is 0. The SMILES string of the molecule is CCCOCCOCCC(C)(O)O. The van der Waals surface area contributed by atoms with Crippen LogP contribution in [0.25, 0.3) is 0 Å². The smallest absolute Gasteiger partial charge is 0.161 e. The molecule has 4 heteroatoms. The molecule has 0 amide bonds. The van der Waals surface area contributed by atoms with Crippen molar-refractivity contribution in [2.75, 3.05) is 26.4 Å². The zero-order chi connectivity index (χ0) is 10.2. The van der Waals surface area contributed by atoms with Crippen LogP contribution in [0.4, 0.5) is 0 Å². The van der Waals surface area contributed by atoms with Gasteiger partial charge in [-0.15, -0.1) is 0 Å². The van der Waals surface area contributed by atoms with Gasteiger partial charge in [-0.2, -0.15) is 0 Å². The number of hydrogen-bond donors (Lipinski definition) is 2. The van der Waals surface area contributed by atoms with E-state index >= 15 is 0 Å². The van der Waals surface area contributed by atoms with Crippen molar-refractivity contribution in [1.82, 2.24) is 0 Å². The first-order valence-corrected chi connectivity index (χ1v) is 4.66. The van der Waals surface area contributed by atoms with Gasteiger partial charge >= 0.3 is 0 Å². The third-order valence-electron chi connectivity index (χ3n) is 1.44. The average molecular weight is 192 g/mol. The van der Waals surface area contributed by atoms with Gasteiger partial charge in [0.15, 0.2) is 5.79 Å². The lowest BCUT2D eigenvalue weighted by Crippen LogP contribution is -2.25. The minimum absolute atomic E-state index is 0.223. The van der Waals surface area contributed by atoms with E-state index in [1.807, 2.05) is 6.92 Å². The van der Waals surface area contributed by atoms with Crippen molar-refractivity contribution in [3.63, 3.8) is 0 Å². The summed E-state index contributed by atoms with van der Waals surface area (Å²) in [7, 11) is 0. The van der Waals surface area contributed by atoms with Crippen LogP contribution >= 0.6 is 0 Å². The topological polar surface area (TPSA) is 58.9 Å². The maximum atomic E-state index is 8.90. The molecule has 0 spiro atoms. The van der Waals surface area contributed by atoms with Gasteiger partial charge < -0.3 is 19.7 Å². The van der Waals surface area contributed by atoms with Crippen molar-refractivity contribution < 1.29 is 19.7 Å². The van der Waals surface area contributed by atoms with E-state index in [2.05, 4.69) is 0 Å². The van der Waals surface area contributed by atoms with E-state index < -0.39 is 5.79 Å². The van der Waals surface area contributed by atoms with Gasteiger partial charge in [-0.25, -0.2) is 0 Å². The Bertz CT molecular complexity index is 109. The molecule has 0 atom stereocenters. The molecule has 80 valence electrons. The quantitative estimate of drug-likeness (QED) is 0.435. The van der Waals surface area contributed by atoms with Crippen molar-refractivity contribution >= 4 is 0 Å². The largest absolute Gasteiger partial charge is 0.379 e. The van der Waals surface area contributed by atoms with Gasteiger partial charge in [0.1, 0.15) is 0 Å². The van der Waals surface area contributed by atoms with Gasteiger partial charge in [-0.05, 0) is 13.3 Å². The monoisotopic (exact) mass is 192 g/mol. The predicted octanol–water partition coefficient (Wildman–Crippen LogP) is 0.520. The molecule has 0 aromatic rings. The van der Waals surface area contributed by atoms with Crippen molar-refractivity contribution in [3.05, 3.63) is 0 Å². The van der Waals surface area contributed by atoms with Crippen molar-refractivity contribution in [1.29, 1.82) is 0 Å². The van der Waals surface area contributed by atoms with E-state index in [0.29, 0.717) is 19.8 Å². The maximum Gasteiger partial charge on any atom is 0.161 e. The minimum Gasteiger partial charge on any atom is -0.379 e. The molecule has 4 nitrogen and oxygen atoms in total. The lowest BCUT2D eigenvalue weighted by molar-refractivity contribution is -0.158. The van der Waals surface area contributed by atoms with E-state index in [1.165, 1.54) is 6.92 Å². The van der Waals surface area contributed by atoms with Gasteiger partial charge in [-0.3, -0.25) is 0 Å². The van der Waals surface area contributed by atoms with Crippen LogP contribution in [-0.2, 0) is 9.47 Å². The predicted molar refractivity (Wildman–Crippen MR) is 49.4 cm³/mol. The molecular weight excluding hydrogens is 172 g/mol. The van der Waals surface area contributed by atoms with Crippen molar-refractivity contribution in [2.45, 2.75) is 32.5 Å². The lowest BCUT2D eigenvalue weighted by Gasteiger charge is -2.15. The Kier molecular flexibility index (Phi) is 7.17. The molecule has 0 saturated heterocycles. The third-order valence-corrected chi connectivity index (χ3v) is 1.44. The number of hydrogen-bond acceptors (Lipinski definition) is 4. The van der Waals surface area contributed by atoms with Gasteiger partial charge in [0.2, 0.25) is 0 Å². The van der Waals surface area contributed by atoms with Gasteiger partial charge in [-0.1, -0.05) is 6.92 Å². The fraction of sp³-hybridized carbons (Fsp3) is 1.00. The fourth-order valence-corrected chi connectivity index (χ4v) is 0.732. The third kappa shape index (κ3) is 11.8. The van der Waals surface area contributed by atoms with Gasteiger partial charge in [0, 0.05) is 13.0 Å². The van der Waals surface area contributed by atoms with E-state index in [0.717, 1.165) is 13.0 Å². The van der Waals surface area contributed by atoms with Crippen LogP contribution in [0, 0.1) is 0 Å². The zero-order valence-electron chi connectivity index (χ0n) is 8.45. The van der Waals surface area contributed by atoms with Crippen LogP contribution in [0.2, 0.25) is 0 Å². The number of rotatable bonds is 8. The van der Waals surface area contributed by atoms with Crippen LogP contribution in [0.3, 0.4) is 0 Å². The molecule has 0 rings (SSSR count). The molecule has 2 N–H and O–H groups in total. The van der Waals surface area contributed by atoms with Crippen LogP contribution < -0.4 is 0 Å². The highest BCUT2D eigenvalue weighted by atomic mass is 16.5. The first-order chi connectivity index (χ1) is 6.06. The van der Waals surface area contributed by atoms with Crippen LogP contribution in [-0.4, -0.2) is 42.4 Å². The Balaban J connectivity index is 3.00. The molecule has 0 heterocycles. The van der Waals surface area contributed by atoms with E-state index in [4.69, 9.17) is 19.7 Å². The lowest BCUT2D eigenvalue weighted by atomic mass is 10.2. The van der Waals surface area contributed by atoms with E-state index in [9.17, 15) is 0 Å². The zero-order valence-corrected chi connectivity index (χ0v) is 8.45. The molecule has 0 unspecified atom stereocenters. The number of aliphatic hydroxyl groups is 2. The minimum atomic E-state index is -1.62. The highest BCUT2D eigenvalue weighted by molar-refractivity contribution is 4.54. The normalized spacial score (nSPS) is 12.0. The summed E-state index contributed by atoms with van der Waals surface area (Å²) in [6.07, 6.45) is 1.23. The van der Waals surface area contributed by atoms with Gasteiger partial charge in [0.05, 0.1) is 19.8 Å². The second-order valence-corrected chi connectivity index (χ2v) is 3.19. The highest BCUT2D eigenvalue weighted by Crippen LogP contribution is 2.02. The fourth-order valence-electron chi connectivity index (χ4n) is 0.732. The molecule has 13 heavy (non-hydrogen) atoms. The molecule has 0 aromatic carbocycles. The first kappa shape index (κ1) is 12.8. The highest BCUT2D eigenvalue weighted by Gasteiger charge is 2.13. The summed E-state index contributed by atoms with van der Waals surface area (Å²) < 4.78 is 10.3. The summed E-state index contributed by atoms with van der Waals surface area (Å²) in [5, 5.41) is 17.8. The van der Waals surface area contributed by atoms with Crippen LogP contribution in [0.5, 0.6) is 0 Å². The number of ether oxygens (including phenoxy) is 2. The molecule has 0 aliphatic heterocycles. The van der Waals surface area contributed by atoms with E-state index in [1.54, 1.807) is 0 Å². The summed E-state index contributed by atoms with van der Waals surface area (Å²) in [5.74, 6) is -1.62. The standard InChI is InChI=1S/C9H20O4/c1-3-5-12-7-8-13-6-4-9(2,10)11/h10-11H,3-8H2,1-2H3. The molecule has 0 bridgehead atoms. The molecular formula is C9H20O4. The second kappa shape index (κ2) is 7.26. The molecule has 0 radical (unpaired) electrons. The summed E-state index contributed by atoms with van der Waals surface area (Å²) in [5.41, 5.74) is 0. The Labute approximate surface area is 79.5 Å². The summed E-state index contributed by atoms with van der Waals surface area (Å²) in [4.78, 5) is 0. The summed E-state index contributed by atoms with van der Waals surface area (Å²) in [6.45, 7) is 5.56. The van der Waals surface area contributed by atoms with Crippen LogP contribution in [0.1, 0.15) is 26.7 Å². The van der Waals surface area contributed by atoms with Gasteiger partial charge in [0.25, 0.3) is 0 Å². The average Bonchev–Trinajstić information content (AvgIpc) is 2.01. The summed E-state index contributed by atoms with van der Waals surface area (Å²) >= 11 is 0. The van der Waals surface area contributed by atoms with Crippen LogP contribution in [0.15, 0.2) is 0 Å². The van der Waals surface area contributed by atoms with Crippen molar-refractivity contribution in [2.24, 2.45) is 0 Å². The Hall–Kier alpha value is -0.160. The maximum absolute atomic E-state index is 8.90. The molecule has 0 aliphatic carbocycles. The Morgan fingerprint density at radius 1 is 1.00 bits per heavy atom. The molecule has 0 saturated carbocycles. The molecule has 0 fully saturated rings. The van der Waals surface area contributed by atoms with Crippen molar-refractivity contribution in [3.8, 4) is 0 Å². The second-order valence-electron chi connectivity index (χ2n) is 3.19. The Morgan fingerprint density at radius 2 is 1.54 bits per heavy atom. The molecule has 0 aliphatic rings. The van der Waals surface area contributed by atoms with E-state index in [-0.39, 0.29) is 6.42 Å². The first-order valence-electron chi connectivity index (χ1n) is 4.66.